The van der Waals surface area contributed by atoms with E-state index in [4.69, 9.17) is 19.3 Å². The standard InChI is InChI=1S/C45H73O12P/c1-3-5-7-8-9-10-11-12-13-14-15-16-17-18-19-20-21-22-24-30-45(51)57-39(36-56-58(52,53)54)35-55-44(50)29-26-25-28-38(47)33-41-40(42(48)34-43(41)49)32-31-37(46)27-23-6-4-2/h5,7,9-10,12-13,15-16,18-19,31-32,37,39-43,46,48-49H,3-4,6,8,11,14,17,20-30,33-36H2,1-2H3,(H2,52,53,54)/b7-5-,10-9-,13-12-,16-15-,19-18-,32-31+/t37-,39+,40+,41+,42+,43-/m0/s1. The first kappa shape index (κ1) is 53.1. The van der Waals surface area contributed by atoms with Gasteiger partial charge in [0.25, 0.3) is 0 Å². The first-order valence-corrected chi connectivity index (χ1v) is 22.9. The van der Waals surface area contributed by atoms with E-state index >= 15 is 0 Å². The van der Waals surface area contributed by atoms with Gasteiger partial charge >= 0.3 is 19.8 Å². The lowest BCUT2D eigenvalue weighted by Gasteiger charge is -2.20. The number of phosphoric ester groups is 1. The van der Waals surface area contributed by atoms with Crippen molar-refractivity contribution in [3.05, 3.63) is 72.9 Å². The van der Waals surface area contributed by atoms with Crippen molar-refractivity contribution in [2.75, 3.05) is 13.2 Å². The van der Waals surface area contributed by atoms with Crippen LogP contribution >= 0.6 is 7.82 Å². The minimum absolute atomic E-state index is 0.0305. The first-order valence-electron chi connectivity index (χ1n) is 21.4. The van der Waals surface area contributed by atoms with Crippen molar-refractivity contribution >= 4 is 25.5 Å². The Hall–Kier alpha value is -2.96. The molecule has 1 saturated carbocycles. The van der Waals surface area contributed by atoms with E-state index in [-0.39, 0.29) is 37.9 Å². The fourth-order valence-electron chi connectivity index (χ4n) is 6.45. The summed E-state index contributed by atoms with van der Waals surface area (Å²) in [6.45, 7) is 3.11. The van der Waals surface area contributed by atoms with Gasteiger partial charge in [0.05, 0.1) is 24.9 Å². The van der Waals surface area contributed by atoms with Gasteiger partial charge in [0.15, 0.2) is 6.10 Å². The lowest BCUT2D eigenvalue weighted by atomic mass is 9.87. The molecule has 12 nitrogen and oxygen atoms in total. The number of aliphatic hydroxyl groups is 3. The van der Waals surface area contributed by atoms with Crippen LogP contribution in [-0.2, 0) is 32.9 Å². The molecule has 0 aromatic rings. The molecule has 0 amide bonds. The fraction of sp³-hybridized carbons (Fsp3) is 0.667. The number of carbonyl (C=O) groups is 3. The molecule has 0 aromatic carbocycles. The molecule has 0 saturated heterocycles. The molecule has 0 unspecified atom stereocenters. The average molecular weight is 837 g/mol. The van der Waals surface area contributed by atoms with Crippen LogP contribution in [0.3, 0.4) is 0 Å². The summed E-state index contributed by atoms with van der Waals surface area (Å²) in [5, 5.41) is 31.2. The van der Waals surface area contributed by atoms with Gasteiger partial charge in [0.1, 0.15) is 12.4 Å². The zero-order chi connectivity index (χ0) is 42.9. The van der Waals surface area contributed by atoms with Crippen LogP contribution < -0.4 is 0 Å². The van der Waals surface area contributed by atoms with Gasteiger partial charge in [0.2, 0.25) is 0 Å². The number of ether oxygens (including phenoxy) is 2. The Morgan fingerprint density at radius 3 is 1.91 bits per heavy atom. The van der Waals surface area contributed by atoms with Crippen LogP contribution in [-0.4, -0.2) is 80.5 Å². The maximum Gasteiger partial charge on any atom is 0.469 e. The quantitative estimate of drug-likeness (QED) is 0.0179. The van der Waals surface area contributed by atoms with Crippen LogP contribution in [0.2, 0.25) is 0 Å². The van der Waals surface area contributed by atoms with Gasteiger partial charge in [-0.2, -0.15) is 0 Å². The zero-order valence-electron chi connectivity index (χ0n) is 35.0. The number of ketones is 1. The number of esters is 2. The summed E-state index contributed by atoms with van der Waals surface area (Å²) < 4.78 is 26.3. The third kappa shape index (κ3) is 29.3. The van der Waals surface area contributed by atoms with Crippen molar-refractivity contribution in [3.8, 4) is 0 Å². The number of rotatable bonds is 34. The molecular weight excluding hydrogens is 763 g/mol. The van der Waals surface area contributed by atoms with Gasteiger partial charge in [0, 0.05) is 43.9 Å². The molecule has 58 heavy (non-hydrogen) atoms. The van der Waals surface area contributed by atoms with Gasteiger partial charge in [-0.05, 0) is 70.6 Å². The highest BCUT2D eigenvalue weighted by Gasteiger charge is 2.41. The van der Waals surface area contributed by atoms with E-state index in [1.807, 2.05) is 0 Å². The average Bonchev–Trinajstić information content (AvgIpc) is 3.44. The summed E-state index contributed by atoms with van der Waals surface area (Å²) in [5.41, 5.74) is 0. The van der Waals surface area contributed by atoms with E-state index in [9.17, 15) is 34.3 Å². The topological polar surface area (TPSA) is 197 Å². The van der Waals surface area contributed by atoms with Crippen molar-refractivity contribution < 1.29 is 58.1 Å². The molecule has 0 aromatic heterocycles. The van der Waals surface area contributed by atoms with Crippen molar-refractivity contribution in [2.45, 2.75) is 167 Å². The van der Waals surface area contributed by atoms with Crippen LogP contribution in [0, 0.1) is 11.8 Å². The summed E-state index contributed by atoms with van der Waals surface area (Å²) in [7, 11) is -4.86. The molecular formula is C45H73O12P. The molecule has 0 radical (unpaired) electrons. The molecule has 0 heterocycles. The van der Waals surface area contributed by atoms with E-state index in [1.165, 1.54) is 0 Å². The summed E-state index contributed by atoms with van der Waals surface area (Å²) in [6.07, 6.45) is 34.0. The number of aliphatic hydroxyl groups excluding tert-OH is 3. The number of carbonyl (C=O) groups excluding carboxylic acids is 3. The Kier molecular flexibility index (Phi) is 30.9. The van der Waals surface area contributed by atoms with Crippen molar-refractivity contribution in [2.24, 2.45) is 11.8 Å². The molecule has 1 aliphatic rings. The van der Waals surface area contributed by atoms with Crippen LogP contribution in [0.1, 0.15) is 142 Å². The van der Waals surface area contributed by atoms with Crippen LogP contribution in [0.5, 0.6) is 0 Å². The smallest absolute Gasteiger partial charge is 0.462 e. The molecule has 6 atom stereocenters. The van der Waals surface area contributed by atoms with Gasteiger partial charge < -0.3 is 34.6 Å². The van der Waals surface area contributed by atoms with Crippen molar-refractivity contribution in [3.63, 3.8) is 0 Å². The van der Waals surface area contributed by atoms with Gasteiger partial charge in [-0.1, -0.05) is 112 Å². The lowest BCUT2D eigenvalue weighted by molar-refractivity contribution is -0.161. The number of hydrogen-bond donors (Lipinski definition) is 5. The summed E-state index contributed by atoms with van der Waals surface area (Å²) in [4.78, 5) is 55.9. The highest BCUT2D eigenvalue weighted by Crippen LogP contribution is 2.37. The molecule has 13 heteroatoms. The van der Waals surface area contributed by atoms with Gasteiger partial charge in [-0.25, -0.2) is 4.57 Å². The minimum Gasteiger partial charge on any atom is -0.462 e. The second-order valence-electron chi connectivity index (χ2n) is 14.9. The molecule has 1 aliphatic carbocycles. The highest BCUT2D eigenvalue weighted by atomic mass is 31.2. The lowest BCUT2D eigenvalue weighted by Crippen LogP contribution is -2.29. The Bertz CT molecular complexity index is 1350. The molecule has 1 rings (SSSR count). The third-order valence-corrected chi connectivity index (χ3v) is 10.2. The van der Waals surface area contributed by atoms with E-state index < -0.39 is 69.2 Å². The summed E-state index contributed by atoms with van der Waals surface area (Å²) >= 11 is 0. The molecule has 5 N–H and O–H groups in total. The number of hydrogen-bond acceptors (Lipinski definition) is 10. The SMILES string of the molecule is CC/C=C\C/C=C\C/C=C\C/C=C\C/C=C\CCCCCC(=O)O[C@H](COC(=O)CCCCC(=O)C[C@@H]1[C@@H](/C=C/[C@@H](O)CCCCC)[C@H](O)C[C@@H]1O)COP(=O)(O)O. The van der Waals surface area contributed by atoms with Crippen LogP contribution in [0.15, 0.2) is 72.9 Å². The maximum atomic E-state index is 12.8. The number of Topliss-reactive ketones (excluding diaryl/α,β-unsaturated/α-hetero) is 1. The first-order chi connectivity index (χ1) is 27.9. The predicted molar refractivity (Wildman–Crippen MR) is 227 cm³/mol. The van der Waals surface area contributed by atoms with E-state index in [0.717, 1.165) is 70.6 Å². The minimum atomic E-state index is -4.86. The van der Waals surface area contributed by atoms with Crippen LogP contribution in [0.4, 0.5) is 0 Å². The molecule has 330 valence electrons. The van der Waals surface area contributed by atoms with Crippen molar-refractivity contribution in [1.82, 2.24) is 0 Å². The molecule has 0 spiro atoms. The van der Waals surface area contributed by atoms with Crippen molar-refractivity contribution in [1.29, 1.82) is 0 Å². The van der Waals surface area contributed by atoms with Gasteiger partial charge in [-0.15, -0.1) is 0 Å². The van der Waals surface area contributed by atoms with Gasteiger partial charge in [-0.3, -0.25) is 18.9 Å². The number of phosphoric acid groups is 1. The largest absolute Gasteiger partial charge is 0.469 e. The Balaban J connectivity index is 2.33. The highest BCUT2D eigenvalue weighted by molar-refractivity contribution is 7.46. The Labute approximate surface area is 347 Å². The molecule has 0 aliphatic heterocycles. The van der Waals surface area contributed by atoms with E-state index in [0.29, 0.717) is 25.7 Å². The second kappa shape index (κ2) is 33.8. The van der Waals surface area contributed by atoms with E-state index in [2.05, 4.69) is 79.1 Å². The number of allylic oxidation sites excluding steroid dienone is 10. The predicted octanol–water partition coefficient (Wildman–Crippen LogP) is 8.63. The third-order valence-electron chi connectivity index (χ3n) is 9.69. The normalized spacial score (nSPS) is 20.1. The Morgan fingerprint density at radius 2 is 1.29 bits per heavy atom. The van der Waals surface area contributed by atoms with Crippen LogP contribution in [0.25, 0.3) is 0 Å². The monoisotopic (exact) mass is 836 g/mol. The maximum absolute atomic E-state index is 12.8. The summed E-state index contributed by atoms with van der Waals surface area (Å²) in [5.74, 6) is -2.23. The fourth-order valence-corrected chi connectivity index (χ4v) is 6.81. The molecule has 0 bridgehead atoms. The summed E-state index contributed by atoms with van der Waals surface area (Å²) in [6, 6.07) is 0. The van der Waals surface area contributed by atoms with E-state index in [1.54, 1.807) is 12.2 Å². The second-order valence-corrected chi connectivity index (χ2v) is 16.1. The zero-order valence-corrected chi connectivity index (χ0v) is 35.9. The molecule has 1 fully saturated rings. The number of unbranched alkanes of at least 4 members (excludes halogenated alkanes) is 6. The Morgan fingerprint density at radius 1 is 0.707 bits per heavy atom.